The van der Waals surface area contributed by atoms with E-state index in [1.54, 1.807) is 30.3 Å². The summed E-state index contributed by atoms with van der Waals surface area (Å²) in [4.78, 5) is 0. The van der Waals surface area contributed by atoms with Crippen molar-refractivity contribution in [3.63, 3.8) is 0 Å². The first kappa shape index (κ1) is 21.2. The molecule has 162 valence electrons. The number of halogens is 3. The average molecular weight is 448 g/mol. The van der Waals surface area contributed by atoms with E-state index < -0.39 is 39.6 Å². The first-order valence-corrected chi connectivity index (χ1v) is 11.3. The molecular weight excluding hydrogens is 429 g/mol. The molecule has 0 aliphatic carbocycles. The van der Waals surface area contributed by atoms with Gasteiger partial charge in [-0.15, -0.1) is 0 Å². The highest BCUT2D eigenvalue weighted by Gasteiger charge is 2.32. The highest BCUT2D eigenvalue weighted by molar-refractivity contribution is 7.92. The van der Waals surface area contributed by atoms with Gasteiger partial charge in [0.25, 0.3) is 0 Å². The molecule has 3 N–H and O–H groups in total. The standard InChI is InChI=1S/C22H19F3N2O3S/c1-31(28,29)27-15-4-2-3-12(8-15)13-5-6-21-14(7-13)9-20(26)22(30-21)16-10-18(24)19(25)11-17(16)23/h2-8,10-11,20,22,27H,9,26H2,1H3. The molecule has 3 aromatic rings. The summed E-state index contributed by atoms with van der Waals surface area (Å²) in [5.41, 5.74) is 8.83. The van der Waals surface area contributed by atoms with Crippen molar-refractivity contribution in [3.8, 4) is 16.9 Å². The smallest absolute Gasteiger partial charge is 0.229 e. The topological polar surface area (TPSA) is 81.4 Å². The Morgan fingerprint density at radius 2 is 1.68 bits per heavy atom. The fourth-order valence-corrected chi connectivity index (χ4v) is 4.20. The summed E-state index contributed by atoms with van der Waals surface area (Å²) in [5.74, 6) is -2.90. The second-order valence-corrected chi connectivity index (χ2v) is 9.22. The van der Waals surface area contributed by atoms with E-state index >= 15 is 0 Å². The Balaban J connectivity index is 1.64. The molecule has 1 aliphatic heterocycles. The minimum absolute atomic E-state index is 0.138. The van der Waals surface area contributed by atoms with E-state index in [0.29, 0.717) is 23.9 Å². The Morgan fingerprint density at radius 3 is 2.42 bits per heavy atom. The fraction of sp³-hybridized carbons (Fsp3) is 0.182. The predicted octanol–water partition coefficient (Wildman–Crippen LogP) is 4.15. The summed E-state index contributed by atoms with van der Waals surface area (Å²) in [6, 6.07) is 12.8. The Kier molecular flexibility index (Phi) is 5.40. The number of sulfonamides is 1. The van der Waals surface area contributed by atoms with E-state index in [4.69, 9.17) is 10.5 Å². The number of nitrogens with one attached hydrogen (secondary N) is 1. The van der Waals surface area contributed by atoms with Gasteiger partial charge in [0.05, 0.1) is 12.3 Å². The second kappa shape index (κ2) is 7.90. The number of hydrogen-bond acceptors (Lipinski definition) is 4. The molecule has 0 saturated carbocycles. The van der Waals surface area contributed by atoms with Crippen molar-refractivity contribution in [2.45, 2.75) is 18.6 Å². The monoisotopic (exact) mass is 448 g/mol. The Hall–Kier alpha value is -3.04. The molecule has 0 radical (unpaired) electrons. The molecule has 0 saturated heterocycles. The molecule has 2 unspecified atom stereocenters. The number of ether oxygens (including phenoxy) is 1. The van der Waals surface area contributed by atoms with Crippen LogP contribution in [-0.4, -0.2) is 20.7 Å². The maximum absolute atomic E-state index is 14.2. The molecule has 0 amide bonds. The van der Waals surface area contributed by atoms with Crippen LogP contribution in [0.2, 0.25) is 0 Å². The molecular formula is C22H19F3N2O3S. The number of fused-ring (bicyclic) bond motifs is 1. The molecule has 5 nitrogen and oxygen atoms in total. The molecule has 0 spiro atoms. The lowest BCUT2D eigenvalue weighted by Gasteiger charge is -2.32. The zero-order chi connectivity index (χ0) is 22.3. The van der Waals surface area contributed by atoms with Gasteiger partial charge in [-0.05, 0) is 53.4 Å². The Morgan fingerprint density at radius 1 is 0.968 bits per heavy atom. The van der Waals surface area contributed by atoms with Gasteiger partial charge in [0.2, 0.25) is 10.0 Å². The lowest BCUT2D eigenvalue weighted by molar-refractivity contribution is 0.148. The number of benzene rings is 3. The summed E-state index contributed by atoms with van der Waals surface area (Å²) in [7, 11) is -3.41. The van der Waals surface area contributed by atoms with Crippen LogP contribution in [0.25, 0.3) is 11.1 Å². The zero-order valence-electron chi connectivity index (χ0n) is 16.4. The lowest BCUT2D eigenvalue weighted by atomic mass is 9.91. The zero-order valence-corrected chi connectivity index (χ0v) is 17.2. The van der Waals surface area contributed by atoms with Crippen molar-refractivity contribution in [2.24, 2.45) is 5.73 Å². The molecule has 1 aliphatic rings. The molecule has 0 bridgehead atoms. The van der Waals surface area contributed by atoms with Crippen LogP contribution < -0.4 is 15.2 Å². The first-order valence-electron chi connectivity index (χ1n) is 9.38. The van der Waals surface area contributed by atoms with Crippen LogP contribution in [0.4, 0.5) is 18.9 Å². The molecule has 0 aromatic heterocycles. The number of nitrogens with two attached hydrogens (primary N) is 1. The molecule has 31 heavy (non-hydrogen) atoms. The number of hydrogen-bond donors (Lipinski definition) is 2. The van der Waals surface area contributed by atoms with Gasteiger partial charge in [-0.25, -0.2) is 21.6 Å². The van der Waals surface area contributed by atoms with Gasteiger partial charge in [0.1, 0.15) is 17.7 Å². The normalized spacial score (nSPS) is 18.2. The third-order valence-corrected chi connectivity index (χ3v) is 5.61. The van der Waals surface area contributed by atoms with E-state index in [0.717, 1.165) is 29.0 Å². The van der Waals surface area contributed by atoms with E-state index in [9.17, 15) is 21.6 Å². The van der Waals surface area contributed by atoms with Gasteiger partial charge in [0.15, 0.2) is 11.6 Å². The first-order chi connectivity index (χ1) is 14.6. The predicted molar refractivity (Wildman–Crippen MR) is 112 cm³/mol. The van der Waals surface area contributed by atoms with Gasteiger partial charge < -0.3 is 10.5 Å². The van der Waals surface area contributed by atoms with Crippen LogP contribution in [0, 0.1) is 17.5 Å². The summed E-state index contributed by atoms with van der Waals surface area (Å²) >= 11 is 0. The van der Waals surface area contributed by atoms with Crippen LogP contribution in [0.3, 0.4) is 0 Å². The summed E-state index contributed by atoms with van der Waals surface area (Å²) < 4.78 is 72.3. The summed E-state index contributed by atoms with van der Waals surface area (Å²) in [6.45, 7) is 0. The third-order valence-electron chi connectivity index (χ3n) is 5.00. The van der Waals surface area contributed by atoms with Crippen LogP contribution in [-0.2, 0) is 16.4 Å². The Labute approximate surface area is 177 Å². The van der Waals surface area contributed by atoms with Gasteiger partial charge in [-0.2, -0.15) is 0 Å². The average Bonchev–Trinajstić information content (AvgIpc) is 2.69. The van der Waals surface area contributed by atoms with Crippen LogP contribution in [0.1, 0.15) is 17.2 Å². The molecule has 2 atom stereocenters. The minimum Gasteiger partial charge on any atom is -0.484 e. The maximum Gasteiger partial charge on any atom is 0.229 e. The second-order valence-electron chi connectivity index (χ2n) is 7.47. The van der Waals surface area contributed by atoms with Crippen LogP contribution in [0.5, 0.6) is 5.75 Å². The van der Waals surface area contributed by atoms with Crippen LogP contribution >= 0.6 is 0 Å². The highest BCUT2D eigenvalue weighted by Crippen LogP contribution is 2.38. The van der Waals surface area contributed by atoms with E-state index in [-0.39, 0.29) is 5.56 Å². The quantitative estimate of drug-likeness (QED) is 0.588. The SMILES string of the molecule is CS(=O)(=O)Nc1cccc(-c2ccc3c(c2)CC(N)C(c2cc(F)c(F)cc2F)O3)c1. The highest BCUT2D eigenvalue weighted by atomic mass is 32.2. The molecule has 9 heteroatoms. The van der Waals surface area contributed by atoms with E-state index in [2.05, 4.69) is 4.72 Å². The number of rotatable bonds is 4. The van der Waals surface area contributed by atoms with E-state index in [1.165, 1.54) is 0 Å². The summed E-state index contributed by atoms with van der Waals surface area (Å²) in [5, 5.41) is 0. The van der Waals surface area contributed by atoms with Crippen molar-refractivity contribution in [1.82, 2.24) is 0 Å². The third kappa shape index (κ3) is 4.52. The molecule has 4 rings (SSSR count). The Bertz CT molecular complexity index is 1260. The van der Waals surface area contributed by atoms with Crippen molar-refractivity contribution in [1.29, 1.82) is 0 Å². The van der Waals surface area contributed by atoms with Crippen molar-refractivity contribution < 1.29 is 26.3 Å². The van der Waals surface area contributed by atoms with Crippen molar-refractivity contribution in [3.05, 3.63) is 83.2 Å². The van der Waals surface area contributed by atoms with Gasteiger partial charge in [-0.3, -0.25) is 4.72 Å². The summed E-state index contributed by atoms with van der Waals surface area (Å²) in [6.07, 6.45) is 0.438. The molecule has 3 aromatic carbocycles. The van der Waals surface area contributed by atoms with Crippen LogP contribution in [0.15, 0.2) is 54.6 Å². The van der Waals surface area contributed by atoms with Crippen molar-refractivity contribution in [2.75, 3.05) is 11.0 Å². The largest absolute Gasteiger partial charge is 0.484 e. The number of anilines is 1. The minimum atomic E-state index is -3.41. The lowest BCUT2D eigenvalue weighted by Crippen LogP contribution is -2.38. The fourth-order valence-electron chi connectivity index (χ4n) is 3.65. The molecule has 0 fully saturated rings. The van der Waals surface area contributed by atoms with Gasteiger partial charge >= 0.3 is 0 Å². The molecule has 1 heterocycles. The maximum atomic E-state index is 14.2. The van der Waals surface area contributed by atoms with Gasteiger partial charge in [0, 0.05) is 17.3 Å². The van der Waals surface area contributed by atoms with E-state index in [1.807, 2.05) is 12.1 Å². The van der Waals surface area contributed by atoms with Crippen molar-refractivity contribution >= 4 is 15.7 Å². The van der Waals surface area contributed by atoms with Gasteiger partial charge in [-0.1, -0.05) is 18.2 Å².